The van der Waals surface area contributed by atoms with Crippen LogP contribution in [0, 0.1) is 16.7 Å². The average molecular weight is 289 g/mol. The van der Waals surface area contributed by atoms with Crippen molar-refractivity contribution >= 4 is 23.7 Å². The number of carbonyl (C=O) groups is 2. The zero-order valence-electron chi connectivity index (χ0n) is 11.2. The molecule has 1 atom stereocenters. The van der Waals surface area contributed by atoms with Gasteiger partial charge in [0.25, 0.3) is 0 Å². The maximum absolute atomic E-state index is 11.9. The highest BCUT2D eigenvalue weighted by Gasteiger charge is 2.48. The van der Waals surface area contributed by atoms with Crippen molar-refractivity contribution in [2.24, 2.45) is 5.41 Å². The highest BCUT2D eigenvalue weighted by molar-refractivity contribution is 6.17. The van der Waals surface area contributed by atoms with Gasteiger partial charge in [-0.25, -0.2) is 4.79 Å². The molecular weight excluding hydrogens is 272 g/mol. The molecule has 1 saturated heterocycles. The van der Waals surface area contributed by atoms with E-state index in [4.69, 9.17) is 16.3 Å². The van der Waals surface area contributed by atoms with Gasteiger partial charge in [0, 0.05) is 6.54 Å². The summed E-state index contributed by atoms with van der Waals surface area (Å²) in [6.07, 6.45) is -0.318. The first kappa shape index (κ1) is 15.6. The summed E-state index contributed by atoms with van der Waals surface area (Å²) in [6, 6.07) is 1.62. The number of nitrogens with zero attached hydrogens (tertiary/aromatic N) is 2. The number of ether oxygens (including phenoxy) is 2. The molecule has 1 amide bonds. The number of alkyl halides is 1. The number of rotatable bonds is 2. The van der Waals surface area contributed by atoms with E-state index in [-0.39, 0.29) is 25.6 Å². The largest absolute Gasteiger partial charge is 0.448 e. The smallest absolute Gasteiger partial charge is 0.410 e. The van der Waals surface area contributed by atoms with Crippen LogP contribution in [0.4, 0.5) is 4.79 Å². The standard InChI is InChI=1S/C12H17ClN2O4/c1-11(2,3)19-10(17)15-5-4-12(6-14,7-15)9(16)18-8-13/h4-5,7-8H2,1-3H3. The lowest BCUT2D eigenvalue weighted by atomic mass is 9.89. The van der Waals surface area contributed by atoms with E-state index in [0.717, 1.165) is 0 Å². The summed E-state index contributed by atoms with van der Waals surface area (Å²) in [6.45, 7) is 5.49. The SMILES string of the molecule is CC(C)(C)OC(=O)N1CCC(C#N)(C(=O)OCCl)C1. The summed E-state index contributed by atoms with van der Waals surface area (Å²) < 4.78 is 9.87. The molecule has 0 aromatic rings. The van der Waals surface area contributed by atoms with E-state index in [1.807, 2.05) is 6.07 Å². The fourth-order valence-electron chi connectivity index (χ4n) is 1.78. The van der Waals surface area contributed by atoms with Crippen LogP contribution in [0.5, 0.6) is 0 Å². The summed E-state index contributed by atoms with van der Waals surface area (Å²) in [5.74, 6) is -0.698. The van der Waals surface area contributed by atoms with Gasteiger partial charge in [-0.15, -0.1) is 0 Å². The predicted molar refractivity (Wildman–Crippen MR) is 67.3 cm³/mol. The Morgan fingerprint density at radius 2 is 2.11 bits per heavy atom. The van der Waals surface area contributed by atoms with Crippen LogP contribution in [0.3, 0.4) is 0 Å². The van der Waals surface area contributed by atoms with Crippen molar-refractivity contribution in [3.8, 4) is 6.07 Å². The summed E-state index contributed by atoms with van der Waals surface area (Å²) in [5, 5.41) is 9.17. The van der Waals surface area contributed by atoms with Gasteiger partial charge in [0.2, 0.25) is 0 Å². The second kappa shape index (κ2) is 5.66. The van der Waals surface area contributed by atoms with E-state index in [1.54, 1.807) is 20.8 Å². The Balaban J connectivity index is 2.73. The van der Waals surface area contributed by atoms with E-state index < -0.39 is 23.1 Å². The Morgan fingerprint density at radius 1 is 1.47 bits per heavy atom. The van der Waals surface area contributed by atoms with Crippen LogP contribution in [-0.4, -0.2) is 41.7 Å². The van der Waals surface area contributed by atoms with E-state index in [1.165, 1.54) is 4.90 Å². The maximum Gasteiger partial charge on any atom is 0.410 e. The lowest BCUT2D eigenvalue weighted by Crippen LogP contribution is -2.39. The Labute approximate surface area is 117 Å². The molecule has 1 unspecified atom stereocenters. The van der Waals surface area contributed by atoms with Crippen LogP contribution in [-0.2, 0) is 14.3 Å². The minimum atomic E-state index is -1.34. The third kappa shape index (κ3) is 3.74. The van der Waals surface area contributed by atoms with E-state index >= 15 is 0 Å². The van der Waals surface area contributed by atoms with E-state index in [2.05, 4.69) is 4.74 Å². The van der Waals surface area contributed by atoms with Crippen LogP contribution in [0.1, 0.15) is 27.2 Å². The molecule has 1 rings (SSSR count). The number of likely N-dealkylation sites (tertiary alicyclic amines) is 1. The Kier molecular flexibility index (Phi) is 4.64. The van der Waals surface area contributed by atoms with Crippen LogP contribution in [0.2, 0.25) is 0 Å². The van der Waals surface area contributed by atoms with Crippen molar-refractivity contribution in [3.05, 3.63) is 0 Å². The van der Waals surface area contributed by atoms with Gasteiger partial charge in [-0.3, -0.25) is 4.79 Å². The summed E-state index contributed by atoms with van der Waals surface area (Å²) >= 11 is 5.32. The highest BCUT2D eigenvalue weighted by Crippen LogP contribution is 2.32. The molecule has 1 aliphatic heterocycles. The number of esters is 1. The fraction of sp³-hybridized carbons (Fsp3) is 0.750. The first-order valence-electron chi connectivity index (χ1n) is 5.86. The second-order valence-electron chi connectivity index (χ2n) is 5.39. The molecule has 7 heteroatoms. The predicted octanol–water partition coefficient (Wildman–Crippen LogP) is 1.88. The van der Waals surface area contributed by atoms with E-state index in [9.17, 15) is 14.9 Å². The van der Waals surface area contributed by atoms with Crippen LogP contribution >= 0.6 is 11.6 Å². The third-order valence-electron chi connectivity index (χ3n) is 2.71. The van der Waals surface area contributed by atoms with Gasteiger partial charge >= 0.3 is 12.1 Å². The number of carbonyl (C=O) groups excluding carboxylic acids is 2. The molecule has 1 aliphatic rings. The lowest BCUT2D eigenvalue weighted by Gasteiger charge is -2.25. The fourth-order valence-corrected chi connectivity index (χ4v) is 1.88. The topological polar surface area (TPSA) is 79.6 Å². The number of hydrogen-bond donors (Lipinski definition) is 0. The third-order valence-corrected chi connectivity index (χ3v) is 2.82. The molecule has 0 spiro atoms. The molecule has 1 fully saturated rings. The van der Waals surface area contributed by atoms with Crippen molar-refractivity contribution in [2.75, 3.05) is 19.2 Å². The normalized spacial score (nSPS) is 22.8. The summed E-state index contributed by atoms with van der Waals surface area (Å²) in [7, 11) is 0. The Bertz CT molecular complexity index is 413. The Hall–Kier alpha value is -1.48. The molecule has 106 valence electrons. The number of amides is 1. The van der Waals surface area contributed by atoms with Gasteiger partial charge in [-0.2, -0.15) is 5.26 Å². The van der Waals surface area contributed by atoms with Crippen molar-refractivity contribution in [2.45, 2.75) is 32.8 Å². The van der Waals surface area contributed by atoms with Crippen molar-refractivity contribution in [3.63, 3.8) is 0 Å². The van der Waals surface area contributed by atoms with Gasteiger partial charge in [-0.1, -0.05) is 11.6 Å². The van der Waals surface area contributed by atoms with Crippen LogP contribution in [0.15, 0.2) is 0 Å². The Morgan fingerprint density at radius 3 is 2.58 bits per heavy atom. The van der Waals surface area contributed by atoms with Crippen LogP contribution < -0.4 is 0 Å². The quantitative estimate of drug-likeness (QED) is 0.572. The molecule has 6 nitrogen and oxygen atoms in total. The number of halogens is 1. The molecule has 0 aliphatic carbocycles. The first-order valence-corrected chi connectivity index (χ1v) is 6.40. The number of hydrogen-bond acceptors (Lipinski definition) is 5. The lowest BCUT2D eigenvalue weighted by molar-refractivity contribution is -0.149. The zero-order valence-corrected chi connectivity index (χ0v) is 12.0. The maximum atomic E-state index is 11.9. The van der Waals surface area contributed by atoms with Crippen molar-refractivity contribution in [1.29, 1.82) is 5.26 Å². The molecule has 19 heavy (non-hydrogen) atoms. The van der Waals surface area contributed by atoms with Gasteiger partial charge < -0.3 is 14.4 Å². The van der Waals surface area contributed by atoms with Gasteiger partial charge in [-0.05, 0) is 27.2 Å². The zero-order chi connectivity index (χ0) is 14.7. The molecule has 0 N–H and O–H groups in total. The summed E-state index contributed by atoms with van der Waals surface area (Å²) in [5.41, 5.74) is -1.96. The van der Waals surface area contributed by atoms with Gasteiger partial charge in [0.1, 0.15) is 5.60 Å². The highest BCUT2D eigenvalue weighted by atomic mass is 35.5. The molecule has 0 aromatic heterocycles. The minimum Gasteiger partial charge on any atom is -0.448 e. The minimum absolute atomic E-state index is 0.0336. The molecular formula is C12H17ClN2O4. The average Bonchev–Trinajstić information content (AvgIpc) is 2.72. The van der Waals surface area contributed by atoms with Crippen molar-refractivity contribution in [1.82, 2.24) is 4.90 Å². The van der Waals surface area contributed by atoms with E-state index in [0.29, 0.717) is 0 Å². The first-order chi connectivity index (χ1) is 8.74. The molecule has 0 saturated carbocycles. The second-order valence-corrected chi connectivity index (χ2v) is 5.60. The molecule has 1 heterocycles. The monoisotopic (exact) mass is 288 g/mol. The number of nitriles is 1. The van der Waals surface area contributed by atoms with Gasteiger partial charge in [0.15, 0.2) is 11.5 Å². The molecule has 0 aromatic carbocycles. The summed E-state index contributed by atoms with van der Waals surface area (Å²) in [4.78, 5) is 24.9. The molecule has 0 radical (unpaired) electrons. The van der Waals surface area contributed by atoms with Crippen molar-refractivity contribution < 1.29 is 19.1 Å². The molecule has 0 bridgehead atoms. The van der Waals surface area contributed by atoms with Gasteiger partial charge in [0.05, 0.1) is 12.6 Å². The van der Waals surface area contributed by atoms with Crippen LogP contribution in [0.25, 0.3) is 0 Å².